The summed E-state index contributed by atoms with van der Waals surface area (Å²) in [5.41, 5.74) is 0.358. The molecule has 0 aromatic carbocycles. The van der Waals surface area contributed by atoms with Crippen LogP contribution in [0.1, 0.15) is 46.0 Å². The van der Waals surface area contributed by atoms with Crippen LogP contribution in [0, 0.1) is 0 Å². The van der Waals surface area contributed by atoms with Crippen molar-refractivity contribution in [3.05, 3.63) is 0 Å². The van der Waals surface area contributed by atoms with Gasteiger partial charge in [0.1, 0.15) is 0 Å². The Bertz CT molecular complexity index is 1260. The van der Waals surface area contributed by atoms with Crippen molar-refractivity contribution in [3.8, 4) is 0 Å². The minimum absolute atomic E-state index is 0.358. The van der Waals surface area contributed by atoms with E-state index in [2.05, 4.69) is 164 Å². The number of rotatable bonds is 35. The molecule has 0 saturated carbocycles. The molecule has 0 fully saturated rings. The van der Waals surface area contributed by atoms with Crippen LogP contribution < -0.4 is 0 Å². The van der Waals surface area contributed by atoms with Crippen molar-refractivity contribution in [1.29, 1.82) is 0 Å². The topological polar surface area (TPSA) is 111 Å². The van der Waals surface area contributed by atoms with Crippen molar-refractivity contribution in [2.24, 2.45) is 0 Å². The average Bonchev–Trinajstić information content (AvgIpc) is 2.94. The highest BCUT2D eigenvalue weighted by Gasteiger charge is 2.63. The largest absolute Gasteiger partial charge is 0.476 e. The summed E-state index contributed by atoms with van der Waals surface area (Å²) >= 11 is 0. The molecule has 0 amide bonds. The fourth-order valence-electron chi connectivity index (χ4n) is 8.46. The number of hydrogen-bond donors (Lipinski definition) is 0. The van der Waals surface area contributed by atoms with Gasteiger partial charge in [0.2, 0.25) is 0 Å². The molecule has 62 heavy (non-hydrogen) atoms. The molecule has 0 bridgehead atoms. The lowest BCUT2D eigenvalue weighted by Gasteiger charge is -2.50. The number of hydrogen-bond acceptors (Lipinski definition) is 12. The Labute approximate surface area is 397 Å². The van der Waals surface area contributed by atoms with E-state index < -0.39 is 102 Å². The fraction of sp³-hybridized carbons (Fsp3) is 1.00. The third kappa shape index (κ3) is 30.6. The SMILES string of the molecule is CCCC[Si](C)(C)O[Si](C)(C)O[Si](C[Si](C)(O[Si](C)(C)C)O[Si](C)(CCCOCCOC)O[Si](C)(C)O[Si](C)(C)C)(O[Si](C)(C)O[Si](C)(C)C)O[Si](C)(C)O[Si](C)(C)CCCC. The van der Waals surface area contributed by atoms with Crippen molar-refractivity contribution >= 4 is 102 Å². The van der Waals surface area contributed by atoms with Crippen LogP contribution in [-0.2, 0) is 50.6 Å². The van der Waals surface area contributed by atoms with Gasteiger partial charge in [-0.15, -0.1) is 0 Å². The Kier molecular flexibility index (Phi) is 26.2. The van der Waals surface area contributed by atoms with E-state index in [9.17, 15) is 0 Å². The highest BCUT2D eigenvalue weighted by molar-refractivity contribution is 7.00. The molecule has 0 aromatic rings. The molecule has 0 aliphatic carbocycles. The summed E-state index contributed by atoms with van der Waals surface area (Å²) in [5, 5.41) is 0. The van der Waals surface area contributed by atoms with Gasteiger partial charge in [-0.3, -0.25) is 0 Å². The zero-order valence-corrected chi connectivity index (χ0v) is 57.4. The summed E-state index contributed by atoms with van der Waals surface area (Å²) in [4.78, 5) is 0. The molecule has 0 aliphatic rings. The lowest BCUT2D eigenvalue weighted by Crippen LogP contribution is -2.70. The number of unbranched alkanes of at least 4 members (excludes halogenated alkanes) is 2. The van der Waals surface area contributed by atoms with Gasteiger partial charge in [-0.1, -0.05) is 39.5 Å². The minimum Gasteiger partial charge on any atom is -0.437 e. The molecule has 0 aliphatic heterocycles. The smallest absolute Gasteiger partial charge is 0.437 e. The van der Waals surface area contributed by atoms with Crippen LogP contribution in [0.15, 0.2) is 0 Å². The molecule has 2 atom stereocenters. The Morgan fingerprint density at radius 2 is 0.694 bits per heavy atom. The van der Waals surface area contributed by atoms with Crippen LogP contribution >= 0.6 is 0 Å². The van der Waals surface area contributed by atoms with Gasteiger partial charge in [0.05, 0.1) is 18.9 Å². The predicted octanol–water partition coefficient (Wildman–Crippen LogP) is 13.1. The normalized spacial score (nSPS) is 16.7. The minimum atomic E-state index is -3.92. The first-order valence-corrected chi connectivity index (χ1v) is 58.2. The van der Waals surface area contributed by atoms with E-state index in [-0.39, 0.29) is 0 Å². The quantitative estimate of drug-likeness (QED) is 0.0445. The van der Waals surface area contributed by atoms with Gasteiger partial charge in [0.15, 0.2) is 41.6 Å². The van der Waals surface area contributed by atoms with Gasteiger partial charge in [0.25, 0.3) is 0 Å². The summed E-state index contributed by atoms with van der Waals surface area (Å²) in [6.45, 7) is 57.2. The van der Waals surface area contributed by atoms with Gasteiger partial charge < -0.3 is 50.6 Å². The van der Waals surface area contributed by atoms with Crippen molar-refractivity contribution in [2.75, 3.05) is 26.9 Å². The van der Waals surface area contributed by atoms with Crippen molar-refractivity contribution in [3.63, 3.8) is 0 Å². The van der Waals surface area contributed by atoms with E-state index in [0.717, 1.165) is 44.2 Å². The lowest BCUT2D eigenvalue weighted by atomic mass is 10.4. The van der Waals surface area contributed by atoms with Crippen molar-refractivity contribution < 1.29 is 50.6 Å². The first-order chi connectivity index (χ1) is 27.5. The summed E-state index contributed by atoms with van der Waals surface area (Å²) in [7, 11) is -30.9. The van der Waals surface area contributed by atoms with E-state index in [0.29, 0.717) is 31.5 Å². The Balaban J connectivity index is 8.18. The second-order valence-corrected chi connectivity index (χ2v) is 71.4. The third-order valence-corrected chi connectivity index (χ3v) is 55.7. The van der Waals surface area contributed by atoms with Crippen LogP contribution in [0.3, 0.4) is 0 Å². The molecule has 374 valence electrons. The molecular weight excluding hydrogens is 985 g/mol. The molecule has 2 unspecified atom stereocenters. The van der Waals surface area contributed by atoms with E-state index in [4.69, 9.17) is 50.6 Å². The maximum atomic E-state index is 7.79. The Morgan fingerprint density at radius 1 is 0.323 bits per heavy atom. The van der Waals surface area contributed by atoms with Gasteiger partial charge >= 0.3 is 60.2 Å². The van der Waals surface area contributed by atoms with Gasteiger partial charge in [0, 0.05) is 13.7 Å². The van der Waals surface area contributed by atoms with Crippen molar-refractivity contribution in [2.45, 2.75) is 220 Å². The standard InChI is InChI=1S/C38H102O12Si12/c1-27-29-35-54(13,14)44-58(21,22)48-62(47-57(19,20)42-52(7,8)9,49-59(23,24)45-55(15,16)36-30-28-2)38-61(26,43-53(10,11)12)50-60(25,37-31-32-40-34-33-39-3)46-56(17,18)41-51(4,5)6/h27-38H2,1-26H3. The zero-order chi connectivity index (χ0) is 49.0. The molecule has 0 spiro atoms. The third-order valence-electron chi connectivity index (χ3n) is 8.92. The second kappa shape index (κ2) is 25.3. The maximum Gasteiger partial charge on any atom is 0.476 e. The van der Waals surface area contributed by atoms with E-state index in [1.54, 1.807) is 7.11 Å². The first-order valence-electron chi connectivity index (χ1n) is 23.5. The monoisotopic (exact) mass is 1090 g/mol. The van der Waals surface area contributed by atoms with E-state index in [1.807, 2.05) is 0 Å². The molecule has 0 rings (SSSR count). The summed E-state index contributed by atoms with van der Waals surface area (Å²) in [6.07, 6.45) is 5.27. The van der Waals surface area contributed by atoms with Crippen LogP contribution in [-0.4, -0.2) is 129 Å². The molecule has 0 radical (unpaired) electrons. The van der Waals surface area contributed by atoms with Crippen LogP contribution in [0.4, 0.5) is 0 Å². The molecule has 24 heteroatoms. The molecule has 0 heterocycles. The fourth-order valence-corrected chi connectivity index (χ4v) is 70.4. The summed E-state index contributed by atoms with van der Waals surface area (Å²) < 4.78 is 85.5. The molecular formula is C38H102O12Si12. The Morgan fingerprint density at radius 3 is 1.05 bits per heavy atom. The summed E-state index contributed by atoms with van der Waals surface area (Å²) in [6, 6.07) is 2.83. The maximum absolute atomic E-state index is 7.79. The Hall–Kier alpha value is 2.12. The molecule has 0 saturated heterocycles. The highest BCUT2D eigenvalue weighted by Crippen LogP contribution is 2.40. The van der Waals surface area contributed by atoms with Crippen molar-refractivity contribution in [1.82, 2.24) is 0 Å². The van der Waals surface area contributed by atoms with Gasteiger partial charge in [-0.05, 0) is 175 Å². The zero-order valence-electron chi connectivity index (χ0n) is 45.4. The second-order valence-electron chi connectivity index (χ2n) is 23.5. The van der Waals surface area contributed by atoms with Gasteiger partial charge in [-0.2, -0.15) is 0 Å². The highest BCUT2D eigenvalue weighted by atomic mass is 28.6. The molecule has 0 N–H and O–H groups in total. The summed E-state index contributed by atoms with van der Waals surface area (Å²) in [5.74, 6) is 0. The molecule has 0 aromatic heterocycles. The average molecular weight is 1090 g/mol. The van der Waals surface area contributed by atoms with E-state index >= 15 is 0 Å². The lowest BCUT2D eigenvalue weighted by molar-refractivity contribution is 0.0702. The van der Waals surface area contributed by atoms with Gasteiger partial charge in [-0.25, -0.2) is 0 Å². The number of ether oxygens (including phenoxy) is 2. The molecule has 12 nitrogen and oxygen atoms in total. The van der Waals surface area contributed by atoms with Crippen LogP contribution in [0.2, 0.25) is 174 Å². The van der Waals surface area contributed by atoms with E-state index in [1.165, 1.54) is 0 Å². The first kappa shape index (κ1) is 64.1. The van der Waals surface area contributed by atoms with Crippen LogP contribution in [0.5, 0.6) is 0 Å². The van der Waals surface area contributed by atoms with Crippen LogP contribution in [0.25, 0.3) is 0 Å². The predicted molar refractivity (Wildman–Crippen MR) is 291 cm³/mol. The number of methoxy groups -OCH3 is 1.